The van der Waals surface area contributed by atoms with Crippen molar-refractivity contribution in [2.45, 2.75) is 25.2 Å². The lowest BCUT2D eigenvalue weighted by Crippen LogP contribution is -2.44. The molecule has 1 heterocycles. The SMILES string of the molecule is COc1cccc(-n2c(=O)c(Cc3ccccc3C(F)(F)F)nn(CC(N)c3ccccc3)c2=O)c1. The van der Waals surface area contributed by atoms with Crippen LogP contribution in [0.2, 0.25) is 0 Å². The van der Waals surface area contributed by atoms with Crippen molar-refractivity contribution in [1.29, 1.82) is 0 Å². The average Bonchev–Trinajstić information content (AvgIpc) is 2.87. The average molecular weight is 496 g/mol. The summed E-state index contributed by atoms with van der Waals surface area (Å²) in [6.07, 6.45) is -5.05. The number of alkyl halides is 3. The summed E-state index contributed by atoms with van der Waals surface area (Å²) in [6, 6.07) is 19.5. The van der Waals surface area contributed by atoms with Gasteiger partial charge in [0.1, 0.15) is 11.4 Å². The molecule has 0 radical (unpaired) electrons. The highest BCUT2D eigenvalue weighted by Crippen LogP contribution is 2.32. The smallest absolute Gasteiger partial charge is 0.416 e. The van der Waals surface area contributed by atoms with Crippen LogP contribution in [-0.4, -0.2) is 21.5 Å². The van der Waals surface area contributed by atoms with E-state index in [2.05, 4.69) is 5.10 Å². The molecule has 0 aliphatic heterocycles. The van der Waals surface area contributed by atoms with Gasteiger partial charge in [-0.25, -0.2) is 14.0 Å². The summed E-state index contributed by atoms with van der Waals surface area (Å²) >= 11 is 0. The second kappa shape index (κ2) is 10.2. The normalized spacial score (nSPS) is 12.4. The van der Waals surface area contributed by atoms with E-state index in [0.29, 0.717) is 5.75 Å². The molecule has 0 aliphatic rings. The van der Waals surface area contributed by atoms with Crippen LogP contribution in [0, 0.1) is 0 Å². The maximum Gasteiger partial charge on any atom is 0.416 e. The van der Waals surface area contributed by atoms with Crippen molar-refractivity contribution in [2.75, 3.05) is 7.11 Å². The number of rotatable bonds is 7. The summed E-state index contributed by atoms with van der Waals surface area (Å²) in [5.74, 6) is 0.395. The molecule has 0 bridgehead atoms. The molecule has 0 spiro atoms. The maximum atomic E-state index is 13.6. The Morgan fingerprint density at radius 1 is 0.972 bits per heavy atom. The van der Waals surface area contributed by atoms with Crippen LogP contribution in [0.4, 0.5) is 13.2 Å². The monoisotopic (exact) mass is 496 g/mol. The van der Waals surface area contributed by atoms with Crippen LogP contribution >= 0.6 is 0 Å². The van der Waals surface area contributed by atoms with E-state index in [9.17, 15) is 22.8 Å². The largest absolute Gasteiger partial charge is 0.497 e. The van der Waals surface area contributed by atoms with Gasteiger partial charge in [0.2, 0.25) is 0 Å². The zero-order chi connectivity index (χ0) is 25.9. The Bertz CT molecular complexity index is 1480. The lowest BCUT2D eigenvalue weighted by molar-refractivity contribution is -0.138. The number of hydrogen-bond acceptors (Lipinski definition) is 5. The third-order valence-electron chi connectivity index (χ3n) is 5.69. The number of methoxy groups -OCH3 is 1. The van der Waals surface area contributed by atoms with Crippen LogP contribution in [0.25, 0.3) is 5.69 Å². The molecule has 3 aromatic carbocycles. The first kappa shape index (κ1) is 24.9. The minimum absolute atomic E-state index is 0.0962. The highest BCUT2D eigenvalue weighted by atomic mass is 19.4. The van der Waals surface area contributed by atoms with E-state index in [-0.39, 0.29) is 23.5 Å². The molecule has 7 nitrogen and oxygen atoms in total. The molecule has 1 unspecified atom stereocenters. The van der Waals surface area contributed by atoms with Gasteiger partial charge in [-0.2, -0.15) is 18.3 Å². The summed E-state index contributed by atoms with van der Waals surface area (Å²) in [7, 11) is 1.44. The number of halogens is 3. The van der Waals surface area contributed by atoms with E-state index in [1.165, 1.54) is 37.4 Å². The fraction of sp³-hybridized carbons (Fsp3) is 0.192. The molecule has 0 saturated carbocycles. The Balaban J connectivity index is 1.88. The summed E-state index contributed by atoms with van der Waals surface area (Å²) in [5, 5.41) is 4.18. The van der Waals surface area contributed by atoms with Crippen LogP contribution in [0.3, 0.4) is 0 Å². The Hall–Kier alpha value is -4.18. The highest BCUT2D eigenvalue weighted by Gasteiger charge is 2.33. The molecular formula is C26H23F3N4O3. The number of benzene rings is 3. The van der Waals surface area contributed by atoms with Crippen LogP contribution in [-0.2, 0) is 19.1 Å². The highest BCUT2D eigenvalue weighted by molar-refractivity contribution is 5.40. The number of ether oxygens (including phenoxy) is 1. The van der Waals surface area contributed by atoms with E-state index in [4.69, 9.17) is 10.5 Å². The van der Waals surface area contributed by atoms with Crippen molar-refractivity contribution in [2.24, 2.45) is 5.73 Å². The molecule has 0 amide bonds. The first-order chi connectivity index (χ1) is 17.2. The molecule has 0 aliphatic carbocycles. The summed E-state index contributed by atoms with van der Waals surface area (Å²) in [6.45, 7) is -0.0962. The predicted octanol–water partition coefficient (Wildman–Crippen LogP) is 3.71. The summed E-state index contributed by atoms with van der Waals surface area (Å²) in [5.41, 5.74) is 4.39. The molecule has 186 valence electrons. The number of aromatic nitrogens is 3. The standard InChI is InChI=1S/C26H23F3N4O3/c1-36-20-12-7-11-19(15-20)33-24(34)23(14-18-10-5-6-13-21(18)26(27,28)29)31-32(25(33)35)16-22(30)17-8-3-2-4-9-17/h2-13,15,22H,14,16,30H2,1H3. The van der Waals surface area contributed by atoms with Crippen LogP contribution in [0.5, 0.6) is 5.75 Å². The van der Waals surface area contributed by atoms with Crippen LogP contribution in [0.15, 0.2) is 88.5 Å². The molecule has 4 rings (SSSR count). The lowest BCUT2D eigenvalue weighted by atomic mass is 10.0. The quantitative estimate of drug-likeness (QED) is 0.421. The molecule has 36 heavy (non-hydrogen) atoms. The Labute approximate surface area is 204 Å². The number of hydrogen-bond donors (Lipinski definition) is 1. The van der Waals surface area contributed by atoms with E-state index < -0.39 is 35.5 Å². The second-order valence-corrected chi connectivity index (χ2v) is 8.10. The van der Waals surface area contributed by atoms with Gasteiger partial charge >= 0.3 is 11.9 Å². The minimum Gasteiger partial charge on any atom is -0.497 e. The molecule has 1 aromatic heterocycles. The fourth-order valence-electron chi connectivity index (χ4n) is 3.89. The van der Waals surface area contributed by atoms with E-state index in [1.54, 1.807) is 36.4 Å². The third kappa shape index (κ3) is 5.23. The van der Waals surface area contributed by atoms with Gasteiger partial charge in [-0.05, 0) is 29.3 Å². The number of nitrogens with two attached hydrogens (primary N) is 1. The second-order valence-electron chi connectivity index (χ2n) is 8.10. The lowest BCUT2D eigenvalue weighted by Gasteiger charge is -2.17. The van der Waals surface area contributed by atoms with E-state index in [0.717, 1.165) is 20.9 Å². The first-order valence-electron chi connectivity index (χ1n) is 11.0. The van der Waals surface area contributed by atoms with Gasteiger partial charge in [0.05, 0.1) is 24.9 Å². The van der Waals surface area contributed by atoms with E-state index >= 15 is 0 Å². The van der Waals surface area contributed by atoms with Gasteiger partial charge in [-0.1, -0.05) is 54.6 Å². The van der Waals surface area contributed by atoms with Crippen molar-refractivity contribution in [3.05, 3.63) is 122 Å². The van der Waals surface area contributed by atoms with Crippen molar-refractivity contribution in [3.63, 3.8) is 0 Å². The van der Waals surface area contributed by atoms with Crippen LogP contribution < -0.4 is 21.7 Å². The molecular weight excluding hydrogens is 473 g/mol. The van der Waals surface area contributed by atoms with Crippen molar-refractivity contribution >= 4 is 0 Å². The first-order valence-corrected chi connectivity index (χ1v) is 11.0. The number of nitrogens with zero attached hydrogens (tertiary/aromatic N) is 3. The summed E-state index contributed by atoms with van der Waals surface area (Å²) in [4.78, 5) is 26.8. The van der Waals surface area contributed by atoms with Crippen LogP contribution in [0.1, 0.15) is 28.4 Å². The van der Waals surface area contributed by atoms with Gasteiger partial charge in [-0.15, -0.1) is 0 Å². The predicted molar refractivity (Wildman–Crippen MR) is 128 cm³/mol. The Morgan fingerprint density at radius 2 is 1.67 bits per heavy atom. The van der Waals surface area contributed by atoms with Crippen molar-refractivity contribution in [1.82, 2.24) is 14.3 Å². The molecule has 2 N–H and O–H groups in total. The molecule has 4 aromatic rings. The van der Waals surface area contributed by atoms with Crippen molar-refractivity contribution < 1.29 is 17.9 Å². The third-order valence-corrected chi connectivity index (χ3v) is 5.69. The van der Waals surface area contributed by atoms with Gasteiger partial charge in [0.25, 0.3) is 5.56 Å². The van der Waals surface area contributed by atoms with Gasteiger partial charge in [0, 0.05) is 18.5 Å². The van der Waals surface area contributed by atoms with Crippen molar-refractivity contribution in [3.8, 4) is 11.4 Å². The van der Waals surface area contributed by atoms with Gasteiger partial charge < -0.3 is 10.5 Å². The molecule has 10 heteroatoms. The molecule has 0 saturated heterocycles. The zero-order valence-electron chi connectivity index (χ0n) is 19.3. The maximum absolute atomic E-state index is 13.6. The molecule has 0 fully saturated rings. The van der Waals surface area contributed by atoms with E-state index in [1.807, 2.05) is 6.07 Å². The topological polar surface area (TPSA) is 92.1 Å². The fourth-order valence-corrected chi connectivity index (χ4v) is 3.89. The summed E-state index contributed by atoms with van der Waals surface area (Å²) < 4.78 is 47.9. The Kier molecular flexibility index (Phi) is 7.07. The Morgan fingerprint density at radius 3 is 2.36 bits per heavy atom. The zero-order valence-corrected chi connectivity index (χ0v) is 19.3. The van der Waals surface area contributed by atoms with Gasteiger partial charge in [-0.3, -0.25) is 4.79 Å². The molecule has 1 atom stereocenters. The minimum atomic E-state index is -4.62. The van der Waals surface area contributed by atoms with Gasteiger partial charge in [0.15, 0.2) is 0 Å².